The zero-order valence-electron chi connectivity index (χ0n) is 38.1. The maximum Gasteiger partial charge on any atom is 0.0713 e. The first-order chi connectivity index (χ1) is 34.7. The minimum atomic E-state index is -0.464. The van der Waals surface area contributed by atoms with Crippen molar-refractivity contribution >= 4 is 80.1 Å². The first-order valence-electron chi connectivity index (χ1n) is 24.0. The molecule has 0 radical (unpaired) electrons. The van der Waals surface area contributed by atoms with Crippen molar-refractivity contribution in [3.63, 3.8) is 0 Å². The van der Waals surface area contributed by atoms with Crippen molar-refractivity contribution in [3.8, 4) is 44.5 Å². The fraction of sp³-hybridized carbons (Fsp3) is 0.0149. The van der Waals surface area contributed by atoms with Crippen LogP contribution < -0.4 is 4.90 Å². The van der Waals surface area contributed by atoms with E-state index in [0.717, 1.165) is 17.1 Å². The van der Waals surface area contributed by atoms with Gasteiger partial charge in [-0.15, -0.1) is 22.7 Å². The predicted molar refractivity (Wildman–Crippen MR) is 301 cm³/mol. The zero-order valence-corrected chi connectivity index (χ0v) is 39.7. The van der Waals surface area contributed by atoms with Crippen molar-refractivity contribution in [3.05, 3.63) is 283 Å². The molecule has 1 aliphatic rings. The molecule has 0 N–H and O–H groups in total. The van der Waals surface area contributed by atoms with Crippen molar-refractivity contribution in [2.45, 2.75) is 5.41 Å². The lowest BCUT2D eigenvalue weighted by molar-refractivity contribution is 0.768. The van der Waals surface area contributed by atoms with Crippen LogP contribution in [0.4, 0.5) is 17.1 Å². The van der Waals surface area contributed by atoms with Crippen LogP contribution in [-0.2, 0) is 5.41 Å². The number of thiophene rings is 2. The SMILES string of the molecule is c1ccc(C2(c3ccccc3)c3ccccc3-c3cc(N(c4ccc(-c5cccc(-c6ccc7sc8ccccc8c7c6)c5)cc4)c4ccc(-c5ccc6c(c5)sc5ccccc56)cc4)ccc32)cc1. The van der Waals surface area contributed by atoms with E-state index >= 15 is 0 Å². The molecule has 0 atom stereocenters. The van der Waals surface area contributed by atoms with Crippen LogP contribution in [0.15, 0.2) is 261 Å². The average molecular weight is 926 g/mol. The van der Waals surface area contributed by atoms with Crippen LogP contribution in [-0.4, -0.2) is 0 Å². The number of rotatable bonds is 8. The maximum atomic E-state index is 2.43. The highest BCUT2D eigenvalue weighted by atomic mass is 32.1. The lowest BCUT2D eigenvalue weighted by atomic mass is 9.68. The Bertz CT molecular complexity index is 4070. The van der Waals surface area contributed by atoms with E-state index in [2.05, 4.69) is 266 Å². The van der Waals surface area contributed by atoms with Gasteiger partial charge in [0.05, 0.1) is 5.41 Å². The molecule has 13 aromatic rings. The molecule has 328 valence electrons. The van der Waals surface area contributed by atoms with Gasteiger partial charge in [0.2, 0.25) is 0 Å². The highest BCUT2D eigenvalue weighted by molar-refractivity contribution is 7.26. The van der Waals surface area contributed by atoms with Crippen LogP contribution in [0.25, 0.3) is 84.9 Å². The second-order valence-electron chi connectivity index (χ2n) is 18.4. The molecule has 0 saturated carbocycles. The quantitative estimate of drug-likeness (QED) is 0.147. The molecule has 0 aliphatic heterocycles. The molecule has 3 heteroatoms. The third-order valence-corrected chi connectivity index (χ3v) is 16.9. The van der Waals surface area contributed by atoms with E-state index < -0.39 is 5.41 Å². The molecular weight excluding hydrogens is 883 g/mol. The predicted octanol–water partition coefficient (Wildman–Crippen LogP) is 19.3. The average Bonchev–Trinajstić information content (AvgIpc) is 4.10. The van der Waals surface area contributed by atoms with Crippen LogP contribution >= 0.6 is 22.7 Å². The number of fused-ring (bicyclic) bond motifs is 9. The van der Waals surface area contributed by atoms with E-state index in [4.69, 9.17) is 0 Å². The van der Waals surface area contributed by atoms with Gasteiger partial charge in [-0.2, -0.15) is 0 Å². The van der Waals surface area contributed by atoms with Crippen molar-refractivity contribution in [2.24, 2.45) is 0 Å². The number of benzene rings is 11. The first-order valence-corrected chi connectivity index (χ1v) is 25.6. The van der Waals surface area contributed by atoms with Gasteiger partial charge in [-0.05, 0) is 140 Å². The second-order valence-corrected chi connectivity index (χ2v) is 20.6. The third-order valence-electron chi connectivity index (χ3n) is 14.6. The Hall–Kier alpha value is -8.34. The van der Waals surface area contributed by atoms with E-state index in [0.29, 0.717) is 0 Å². The summed E-state index contributed by atoms with van der Waals surface area (Å²) in [5.41, 5.74) is 17.7. The highest BCUT2D eigenvalue weighted by Gasteiger charge is 2.46. The maximum absolute atomic E-state index is 2.43. The molecule has 0 bridgehead atoms. The zero-order chi connectivity index (χ0) is 46.2. The number of nitrogens with zero attached hydrogens (tertiary/aromatic N) is 1. The van der Waals surface area contributed by atoms with Gasteiger partial charge in [0.15, 0.2) is 0 Å². The van der Waals surface area contributed by atoms with E-state index in [9.17, 15) is 0 Å². The van der Waals surface area contributed by atoms with Gasteiger partial charge in [-0.25, -0.2) is 0 Å². The molecule has 0 spiro atoms. The van der Waals surface area contributed by atoms with E-state index in [1.807, 2.05) is 22.7 Å². The summed E-state index contributed by atoms with van der Waals surface area (Å²) in [5, 5.41) is 5.28. The molecule has 0 saturated heterocycles. The molecule has 70 heavy (non-hydrogen) atoms. The highest BCUT2D eigenvalue weighted by Crippen LogP contribution is 2.57. The molecule has 2 heterocycles. The molecule has 14 rings (SSSR count). The molecule has 0 fully saturated rings. The van der Waals surface area contributed by atoms with Crippen molar-refractivity contribution in [1.82, 2.24) is 0 Å². The van der Waals surface area contributed by atoms with Gasteiger partial charge in [0.25, 0.3) is 0 Å². The molecular formula is C67H43NS2. The van der Waals surface area contributed by atoms with Crippen LogP contribution in [0.5, 0.6) is 0 Å². The Morgan fingerprint density at radius 2 is 0.729 bits per heavy atom. The van der Waals surface area contributed by atoms with Gasteiger partial charge >= 0.3 is 0 Å². The molecule has 1 aliphatic carbocycles. The summed E-state index contributed by atoms with van der Waals surface area (Å²) in [6.45, 7) is 0. The summed E-state index contributed by atoms with van der Waals surface area (Å²) in [4.78, 5) is 2.42. The topological polar surface area (TPSA) is 3.24 Å². The van der Waals surface area contributed by atoms with Gasteiger partial charge in [0.1, 0.15) is 0 Å². The fourth-order valence-electron chi connectivity index (χ4n) is 11.3. The summed E-state index contributed by atoms with van der Waals surface area (Å²) in [6.07, 6.45) is 0. The summed E-state index contributed by atoms with van der Waals surface area (Å²) < 4.78 is 5.29. The van der Waals surface area contributed by atoms with Crippen molar-refractivity contribution in [1.29, 1.82) is 0 Å². The Balaban J connectivity index is 0.883. The summed E-state index contributed by atoms with van der Waals surface area (Å²) in [7, 11) is 0. The minimum absolute atomic E-state index is 0.464. The smallest absolute Gasteiger partial charge is 0.0713 e. The van der Waals surface area contributed by atoms with Gasteiger partial charge in [-0.3, -0.25) is 0 Å². The monoisotopic (exact) mass is 925 g/mol. The molecule has 11 aromatic carbocycles. The van der Waals surface area contributed by atoms with E-state index in [1.54, 1.807) is 0 Å². The van der Waals surface area contributed by atoms with E-state index in [1.165, 1.54) is 107 Å². The number of anilines is 3. The van der Waals surface area contributed by atoms with Crippen LogP contribution in [0, 0.1) is 0 Å². The van der Waals surface area contributed by atoms with Crippen LogP contribution in [0.2, 0.25) is 0 Å². The van der Waals surface area contributed by atoms with Crippen molar-refractivity contribution in [2.75, 3.05) is 4.90 Å². The third kappa shape index (κ3) is 6.50. The van der Waals surface area contributed by atoms with Crippen molar-refractivity contribution < 1.29 is 0 Å². The second kappa shape index (κ2) is 16.4. The van der Waals surface area contributed by atoms with Gasteiger partial charge in [0, 0.05) is 57.4 Å². The van der Waals surface area contributed by atoms with Gasteiger partial charge in [-0.1, -0.05) is 188 Å². The van der Waals surface area contributed by atoms with Gasteiger partial charge < -0.3 is 4.90 Å². The largest absolute Gasteiger partial charge is 0.310 e. The lowest BCUT2D eigenvalue weighted by Crippen LogP contribution is -2.28. The molecule has 1 nitrogen and oxygen atoms in total. The summed E-state index contributed by atoms with van der Waals surface area (Å²) in [6, 6.07) is 96.8. The van der Waals surface area contributed by atoms with Crippen LogP contribution in [0.1, 0.15) is 22.3 Å². The Morgan fingerprint density at radius 3 is 1.41 bits per heavy atom. The molecule has 0 unspecified atom stereocenters. The normalized spacial score (nSPS) is 12.7. The Kier molecular flexibility index (Phi) is 9.55. The Labute approximate surface area is 415 Å². The first kappa shape index (κ1) is 40.7. The fourth-order valence-corrected chi connectivity index (χ4v) is 13.6. The standard InChI is InChI=1S/C67H43NS2/c1-3-16-50(17-4-1)67(51-18-5-2-6-19-51)61-23-10-7-20-55(61)59-43-54(36-38-62(59)67)68(53-34-28-45(29-35-53)49-30-37-58-56-21-8-11-24-63(56)70-66(58)42-49)52-32-26-44(27-33-52)46-14-13-15-47(40-46)48-31-39-65-60(41-48)57-22-9-12-25-64(57)69-65/h1-43H. The van der Waals surface area contributed by atoms with Crippen LogP contribution in [0.3, 0.4) is 0 Å². The number of hydrogen-bond donors (Lipinski definition) is 0. The van der Waals surface area contributed by atoms with E-state index in [-0.39, 0.29) is 0 Å². The summed E-state index contributed by atoms with van der Waals surface area (Å²) >= 11 is 3.73. The molecule has 2 aromatic heterocycles. The molecule has 0 amide bonds. The number of hydrogen-bond acceptors (Lipinski definition) is 3. The lowest BCUT2D eigenvalue weighted by Gasteiger charge is -2.34. The minimum Gasteiger partial charge on any atom is -0.310 e. The summed E-state index contributed by atoms with van der Waals surface area (Å²) in [5.74, 6) is 0. The Morgan fingerprint density at radius 1 is 0.257 bits per heavy atom.